The molecule has 2 unspecified atom stereocenters. The van der Waals surface area contributed by atoms with Crippen LogP contribution in [-0.2, 0) is 11.2 Å². The van der Waals surface area contributed by atoms with Crippen LogP contribution in [0.3, 0.4) is 0 Å². The van der Waals surface area contributed by atoms with E-state index in [0.29, 0.717) is 30.3 Å². The first-order chi connectivity index (χ1) is 16.9. The number of piperazine rings is 1. The monoisotopic (exact) mass is 498 g/mol. The third-order valence-corrected chi connectivity index (χ3v) is 7.94. The van der Waals surface area contributed by atoms with Gasteiger partial charge in [0.25, 0.3) is 0 Å². The second-order valence-electron chi connectivity index (χ2n) is 8.80. The van der Waals surface area contributed by atoms with Crippen molar-refractivity contribution in [2.24, 2.45) is 0 Å². The molecule has 0 spiro atoms. The molecule has 188 valence electrons. The first-order valence-corrected chi connectivity index (χ1v) is 12.9. The van der Waals surface area contributed by atoms with Gasteiger partial charge in [-0.2, -0.15) is 0 Å². The summed E-state index contributed by atoms with van der Waals surface area (Å²) in [5, 5.41) is 11.0. The van der Waals surface area contributed by atoms with Gasteiger partial charge in [-0.25, -0.2) is 0 Å². The molecule has 4 rings (SSSR count). The number of rotatable bonds is 8. The van der Waals surface area contributed by atoms with Crippen LogP contribution in [0, 0.1) is 0 Å². The van der Waals surface area contributed by atoms with E-state index in [1.807, 2.05) is 34.9 Å². The van der Waals surface area contributed by atoms with Gasteiger partial charge >= 0.3 is 0 Å². The topological polar surface area (TPSA) is 71.5 Å². The Hall–Kier alpha value is -2.68. The molecule has 2 aromatic carbocycles. The van der Waals surface area contributed by atoms with Crippen molar-refractivity contribution in [3.8, 4) is 17.2 Å². The van der Waals surface area contributed by atoms with Gasteiger partial charge < -0.3 is 24.2 Å². The number of ether oxygens (including phenoxy) is 3. The number of fused-ring (bicyclic) bond motifs is 1. The summed E-state index contributed by atoms with van der Waals surface area (Å²) in [7, 11) is 4.69. The molecule has 2 aliphatic heterocycles. The van der Waals surface area contributed by atoms with Gasteiger partial charge in [0.05, 0.1) is 27.4 Å². The van der Waals surface area contributed by atoms with Crippen LogP contribution in [0.5, 0.6) is 17.2 Å². The highest BCUT2D eigenvalue weighted by atomic mass is 32.2. The summed E-state index contributed by atoms with van der Waals surface area (Å²) in [6.45, 7) is 4.76. The zero-order valence-corrected chi connectivity index (χ0v) is 21.6. The maximum Gasteiger partial charge on any atom is 0.246 e. The van der Waals surface area contributed by atoms with Crippen LogP contribution in [0.25, 0.3) is 6.08 Å². The highest BCUT2D eigenvalue weighted by Gasteiger charge is 2.28. The summed E-state index contributed by atoms with van der Waals surface area (Å²) in [6, 6.07) is 9.94. The van der Waals surface area contributed by atoms with Crippen LogP contribution in [-0.4, -0.2) is 80.1 Å². The van der Waals surface area contributed by atoms with Crippen LogP contribution < -0.4 is 14.2 Å². The molecule has 8 heteroatoms. The number of carbonyl (C=O) groups excluding carboxylic acids is 1. The lowest BCUT2D eigenvalue weighted by molar-refractivity contribution is -0.128. The van der Waals surface area contributed by atoms with E-state index in [2.05, 4.69) is 24.0 Å². The second-order valence-corrected chi connectivity index (χ2v) is 9.94. The minimum atomic E-state index is -0.548. The Morgan fingerprint density at radius 1 is 1.03 bits per heavy atom. The highest BCUT2D eigenvalue weighted by molar-refractivity contribution is 7.99. The molecule has 0 aliphatic carbocycles. The average molecular weight is 499 g/mol. The van der Waals surface area contributed by atoms with Gasteiger partial charge in [0, 0.05) is 48.9 Å². The zero-order chi connectivity index (χ0) is 24.9. The van der Waals surface area contributed by atoms with Crippen molar-refractivity contribution in [2.75, 3.05) is 53.3 Å². The van der Waals surface area contributed by atoms with Crippen molar-refractivity contribution >= 4 is 23.7 Å². The van der Waals surface area contributed by atoms with Gasteiger partial charge in [-0.15, -0.1) is 11.8 Å². The minimum Gasteiger partial charge on any atom is -0.493 e. The average Bonchev–Trinajstić information content (AvgIpc) is 3.38. The zero-order valence-electron chi connectivity index (χ0n) is 20.8. The lowest BCUT2D eigenvalue weighted by Gasteiger charge is -2.39. The molecule has 0 saturated carbocycles. The molecule has 2 aliphatic rings. The lowest BCUT2D eigenvalue weighted by Crippen LogP contribution is -2.52. The second kappa shape index (κ2) is 11.4. The smallest absolute Gasteiger partial charge is 0.246 e. The van der Waals surface area contributed by atoms with E-state index in [4.69, 9.17) is 14.2 Å². The first kappa shape index (κ1) is 25.4. The van der Waals surface area contributed by atoms with E-state index >= 15 is 0 Å². The maximum atomic E-state index is 12.8. The molecule has 1 N–H and O–H groups in total. The molecule has 0 aromatic heterocycles. The molecule has 1 amide bonds. The van der Waals surface area contributed by atoms with Crippen LogP contribution >= 0.6 is 11.8 Å². The Morgan fingerprint density at radius 2 is 1.71 bits per heavy atom. The van der Waals surface area contributed by atoms with E-state index in [1.54, 1.807) is 33.5 Å². The van der Waals surface area contributed by atoms with Crippen molar-refractivity contribution < 1.29 is 24.1 Å². The van der Waals surface area contributed by atoms with Gasteiger partial charge in [-0.05, 0) is 54.3 Å². The SMILES string of the molecule is COc1cc(C=CC(=O)N2CCN(C(C)C(O)c3ccc4c(c3)CCS4)CC2)cc(OC)c1OC. The standard InChI is InChI=1S/C27H34N2O5S/c1-18(26(31)21-6-7-24-20(17-21)9-14-35-24)28-10-12-29(13-11-28)25(30)8-5-19-15-22(32-2)27(34-4)23(16-19)33-3/h5-8,15-18,26,31H,9-14H2,1-4H3. The predicted octanol–water partition coefficient (Wildman–Crippen LogP) is 3.64. The number of hydrogen-bond acceptors (Lipinski definition) is 7. The normalized spacial score (nSPS) is 17.8. The van der Waals surface area contributed by atoms with Gasteiger partial charge in [0.15, 0.2) is 11.5 Å². The number of amides is 1. The molecular formula is C27H34N2O5S. The number of aliphatic hydroxyl groups excluding tert-OH is 1. The third-order valence-electron chi connectivity index (χ3n) is 6.82. The Kier molecular flexibility index (Phi) is 8.26. The number of aliphatic hydroxyl groups is 1. The fourth-order valence-electron chi connectivity index (χ4n) is 4.69. The number of methoxy groups -OCH3 is 3. The predicted molar refractivity (Wildman–Crippen MR) is 139 cm³/mol. The maximum absolute atomic E-state index is 12.8. The molecule has 2 heterocycles. The lowest BCUT2D eigenvalue weighted by atomic mass is 9.99. The fraction of sp³-hybridized carbons (Fsp3) is 0.444. The Bertz CT molecular complexity index is 1060. The van der Waals surface area contributed by atoms with E-state index in [-0.39, 0.29) is 11.9 Å². The first-order valence-electron chi connectivity index (χ1n) is 11.9. The Morgan fingerprint density at radius 3 is 2.34 bits per heavy atom. The number of nitrogens with zero attached hydrogens (tertiary/aromatic N) is 2. The minimum absolute atomic E-state index is 0.0193. The Labute approximate surface area is 211 Å². The van der Waals surface area contributed by atoms with Gasteiger partial charge in [0.1, 0.15) is 0 Å². The van der Waals surface area contributed by atoms with Gasteiger partial charge in [-0.1, -0.05) is 12.1 Å². The van der Waals surface area contributed by atoms with Crippen molar-refractivity contribution in [1.29, 1.82) is 0 Å². The molecular weight excluding hydrogens is 464 g/mol. The van der Waals surface area contributed by atoms with Crippen molar-refractivity contribution in [2.45, 2.75) is 30.4 Å². The van der Waals surface area contributed by atoms with Crippen molar-refractivity contribution in [3.05, 3.63) is 53.1 Å². The van der Waals surface area contributed by atoms with E-state index in [1.165, 1.54) is 10.5 Å². The third kappa shape index (κ3) is 5.60. The van der Waals surface area contributed by atoms with Crippen LogP contribution in [0.15, 0.2) is 41.3 Å². The summed E-state index contributed by atoms with van der Waals surface area (Å²) < 4.78 is 16.1. The summed E-state index contributed by atoms with van der Waals surface area (Å²) in [5.74, 6) is 2.69. The number of benzene rings is 2. The summed E-state index contributed by atoms with van der Waals surface area (Å²) in [4.78, 5) is 18.3. The summed E-state index contributed by atoms with van der Waals surface area (Å²) >= 11 is 1.88. The molecule has 35 heavy (non-hydrogen) atoms. The Balaban J connectivity index is 1.34. The van der Waals surface area contributed by atoms with Crippen molar-refractivity contribution in [3.63, 3.8) is 0 Å². The molecule has 7 nitrogen and oxygen atoms in total. The summed E-state index contributed by atoms with van der Waals surface area (Å²) in [6.07, 6.45) is 3.86. The number of hydrogen-bond donors (Lipinski definition) is 1. The molecule has 0 bridgehead atoms. The van der Waals surface area contributed by atoms with Crippen molar-refractivity contribution in [1.82, 2.24) is 9.80 Å². The largest absolute Gasteiger partial charge is 0.493 e. The molecule has 1 saturated heterocycles. The summed E-state index contributed by atoms with van der Waals surface area (Å²) in [5.41, 5.74) is 3.11. The van der Waals surface area contributed by atoms with Gasteiger partial charge in [-0.3, -0.25) is 9.69 Å². The number of carbonyl (C=O) groups is 1. The van der Waals surface area contributed by atoms with E-state index in [0.717, 1.165) is 36.4 Å². The molecule has 2 aromatic rings. The highest BCUT2D eigenvalue weighted by Crippen LogP contribution is 2.38. The van der Waals surface area contributed by atoms with Crippen LogP contribution in [0.2, 0.25) is 0 Å². The molecule has 2 atom stereocenters. The molecule has 0 radical (unpaired) electrons. The molecule has 1 fully saturated rings. The number of thioether (sulfide) groups is 1. The fourth-order valence-corrected chi connectivity index (χ4v) is 5.74. The van der Waals surface area contributed by atoms with E-state index < -0.39 is 6.10 Å². The van der Waals surface area contributed by atoms with E-state index in [9.17, 15) is 9.90 Å². The quantitative estimate of drug-likeness (QED) is 0.557. The number of aryl methyl sites for hydroxylation is 1. The van der Waals surface area contributed by atoms with Gasteiger partial charge in [0.2, 0.25) is 11.7 Å². The van der Waals surface area contributed by atoms with Crippen LogP contribution in [0.4, 0.5) is 0 Å². The van der Waals surface area contributed by atoms with Crippen LogP contribution in [0.1, 0.15) is 29.7 Å².